The van der Waals surface area contributed by atoms with Gasteiger partial charge in [0.1, 0.15) is 18.2 Å². The predicted octanol–water partition coefficient (Wildman–Crippen LogP) is 5.84. The topological polar surface area (TPSA) is 111 Å². The molecular weight excluding hydrogens is 512 g/mol. The Morgan fingerprint density at radius 3 is 2.44 bits per heavy atom. The number of fused-ring (bicyclic) bond motifs is 1. The van der Waals surface area contributed by atoms with Crippen molar-refractivity contribution in [3.05, 3.63) is 111 Å². The van der Waals surface area contributed by atoms with Gasteiger partial charge in [-0.05, 0) is 48.0 Å². The zero-order chi connectivity index (χ0) is 27.4. The van der Waals surface area contributed by atoms with Crippen LogP contribution in [0.3, 0.4) is 0 Å². The normalized spacial score (nSPS) is 14.3. The molecule has 1 aliphatic heterocycles. The Bertz CT molecular complexity index is 1590. The fourth-order valence-electron chi connectivity index (χ4n) is 4.67. The minimum atomic E-state index is -0.632. The van der Waals surface area contributed by atoms with Crippen LogP contribution in [0.1, 0.15) is 35.1 Å². The van der Waals surface area contributed by atoms with E-state index in [0.29, 0.717) is 46.6 Å². The standard InChI is InChI=1S/C30H28N4O4S/c1-3-37-29(35)24-23(20-14-15-21(22(16-20)36-2)38-17-18-10-6-4-7-11-18)25-27(31)33-30(39)34-28(25)32-26(24)19-12-8-5-9-13-19/h4-16,23H,3,17H2,1-2H3,(H4,31,32,33,34,39). The van der Waals surface area contributed by atoms with Crippen LogP contribution < -0.4 is 20.5 Å². The highest BCUT2D eigenvalue weighted by Crippen LogP contribution is 2.47. The van der Waals surface area contributed by atoms with Crippen molar-refractivity contribution >= 4 is 35.5 Å². The Labute approximate surface area is 231 Å². The van der Waals surface area contributed by atoms with E-state index in [1.807, 2.05) is 78.9 Å². The van der Waals surface area contributed by atoms with E-state index < -0.39 is 11.9 Å². The van der Waals surface area contributed by atoms with Crippen molar-refractivity contribution in [3.63, 3.8) is 0 Å². The second-order valence-electron chi connectivity index (χ2n) is 8.84. The summed E-state index contributed by atoms with van der Waals surface area (Å²) < 4.78 is 17.6. The summed E-state index contributed by atoms with van der Waals surface area (Å²) in [6, 6.07) is 25.0. The molecule has 4 aromatic rings. The Kier molecular flexibility index (Phi) is 7.60. The quantitative estimate of drug-likeness (QED) is 0.189. The zero-order valence-corrected chi connectivity index (χ0v) is 22.4. The van der Waals surface area contributed by atoms with E-state index in [4.69, 9.17) is 32.2 Å². The third kappa shape index (κ3) is 5.35. The third-order valence-corrected chi connectivity index (χ3v) is 6.60. The highest BCUT2D eigenvalue weighted by atomic mass is 32.1. The highest BCUT2D eigenvalue weighted by Gasteiger charge is 2.38. The molecule has 2 heterocycles. The molecule has 0 saturated carbocycles. The molecule has 0 amide bonds. The van der Waals surface area contributed by atoms with Gasteiger partial charge in [0.15, 0.2) is 16.3 Å². The van der Waals surface area contributed by atoms with Crippen LogP contribution in [0.4, 0.5) is 11.6 Å². The largest absolute Gasteiger partial charge is 0.493 e. The molecule has 1 unspecified atom stereocenters. The number of aromatic amines is 1. The van der Waals surface area contributed by atoms with Crippen molar-refractivity contribution in [2.24, 2.45) is 0 Å². The number of aromatic nitrogens is 2. The average molecular weight is 541 g/mol. The second-order valence-corrected chi connectivity index (χ2v) is 9.22. The van der Waals surface area contributed by atoms with Crippen molar-refractivity contribution in [3.8, 4) is 11.5 Å². The molecule has 0 saturated heterocycles. The van der Waals surface area contributed by atoms with E-state index in [1.165, 1.54) is 0 Å². The van der Waals surface area contributed by atoms with E-state index >= 15 is 0 Å². The summed E-state index contributed by atoms with van der Waals surface area (Å²) >= 11 is 5.31. The molecule has 0 bridgehead atoms. The highest BCUT2D eigenvalue weighted by molar-refractivity contribution is 7.71. The van der Waals surface area contributed by atoms with E-state index in [-0.39, 0.29) is 11.4 Å². The minimum Gasteiger partial charge on any atom is -0.493 e. The second kappa shape index (κ2) is 11.4. The van der Waals surface area contributed by atoms with Gasteiger partial charge >= 0.3 is 5.97 Å². The predicted molar refractivity (Wildman–Crippen MR) is 153 cm³/mol. The number of nitrogens with one attached hydrogen (secondary N) is 2. The number of carbonyl (C=O) groups is 1. The van der Waals surface area contributed by atoms with Crippen LogP contribution >= 0.6 is 12.2 Å². The monoisotopic (exact) mass is 540 g/mol. The number of hydrogen-bond donors (Lipinski definition) is 3. The van der Waals surface area contributed by atoms with Crippen molar-refractivity contribution in [2.45, 2.75) is 19.4 Å². The van der Waals surface area contributed by atoms with Crippen molar-refractivity contribution in [1.82, 2.24) is 9.97 Å². The molecule has 0 radical (unpaired) electrons. The number of anilines is 2. The lowest BCUT2D eigenvalue weighted by Gasteiger charge is -2.31. The number of rotatable bonds is 8. The number of nitrogens with zero attached hydrogens (tertiary/aromatic N) is 1. The van der Waals surface area contributed by atoms with Gasteiger partial charge in [0.25, 0.3) is 0 Å². The number of carbonyl (C=O) groups excluding carboxylic acids is 1. The first-order valence-electron chi connectivity index (χ1n) is 12.5. The van der Waals surface area contributed by atoms with Crippen molar-refractivity contribution in [1.29, 1.82) is 0 Å². The van der Waals surface area contributed by atoms with Crippen LogP contribution in [0.25, 0.3) is 5.70 Å². The maximum Gasteiger partial charge on any atom is 0.337 e. The first-order valence-corrected chi connectivity index (χ1v) is 12.9. The molecule has 0 aliphatic carbocycles. The van der Waals surface area contributed by atoms with Gasteiger partial charge in [0.05, 0.1) is 30.9 Å². The fourth-order valence-corrected chi connectivity index (χ4v) is 4.88. The molecule has 0 fully saturated rings. The molecular formula is C30H28N4O4S. The molecule has 1 atom stereocenters. The summed E-state index contributed by atoms with van der Waals surface area (Å²) in [5.74, 6) is 0.763. The molecule has 9 heteroatoms. The smallest absolute Gasteiger partial charge is 0.337 e. The van der Waals surface area contributed by atoms with Crippen LogP contribution in [0, 0.1) is 4.77 Å². The molecule has 8 nitrogen and oxygen atoms in total. The number of ether oxygens (including phenoxy) is 3. The molecule has 198 valence electrons. The lowest BCUT2D eigenvalue weighted by Crippen LogP contribution is -2.27. The Morgan fingerprint density at radius 1 is 1.03 bits per heavy atom. The number of nitrogens with two attached hydrogens (primary N) is 1. The number of esters is 1. The zero-order valence-electron chi connectivity index (χ0n) is 21.6. The van der Waals surface area contributed by atoms with Gasteiger partial charge in [-0.2, -0.15) is 0 Å². The summed E-state index contributed by atoms with van der Waals surface area (Å²) in [5.41, 5.74) is 10.6. The molecule has 0 spiro atoms. The number of H-pyrrole nitrogens is 1. The van der Waals surface area contributed by atoms with Crippen LogP contribution in [0.2, 0.25) is 0 Å². The molecule has 1 aliphatic rings. The van der Waals surface area contributed by atoms with Gasteiger partial charge in [-0.15, -0.1) is 0 Å². The summed E-state index contributed by atoms with van der Waals surface area (Å²) in [6.07, 6.45) is 0. The van der Waals surface area contributed by atoms with Crippen LogP contribution in [-0.2, 0) is 16.1 Å². The lowest BCUT2D eigenvalue weighted by molar-refractivity contribution is -0.138. The van der Waals surface area contributed by atoms with Gasteiger partial charge in [0, 0.05) is 5.56 Å². The van der Waals surface area contributed by atoms with Crippen LogP contribution in [-0.4, -0.2) is 29.7 Å². The van der Waals surface area contributed by atoms with E-state index in [9.17, 15) is 4.79 Å². The Hall–Kier alpha value is -4.63. The Morgan fingerprint density at radius 2 is 1.74 bits per heavy atom. The summed E-state index contributed by atoms with van der Waals surface area (Å²) in [7, 11) is 1.58. The van der Waals surface area contributed by atoms with E-state index in [1.54, 1.807) is 14.0 Å². The fraction of sp³-hybridized carbons (Fsp3) is 0.167. The van der Waals surface area contributed by atoms with Crippen molar-refractivity contribution in [2.75, 3.05) is 24.8 Å². The maximum atomic E-state index is 13.6. The van der Waals surface area contributed by atoms with Crippen LogP contribution in [0.5, 0.6) is 11.5 Å². The summed E-state index contributed by atoms with van der Waals surface area (Å²) in [6.45, 7) is 2.37. The van der Waals surface area contributed by atoms with Gasteiger partial charge < -0.3 is 30.2 Å². The molecule has 4 N–H and O–H groups in total. The summed E-state index contributed by atoms with van der Waals surface area (Å²) in [5, 5.41) is 3.31. The number of benzene rings is 3. The summed E-state index contributed by atoms with van der Waals surface area (Å²) in [4.78, 5) is 21.0. The van der Waals surface area contributed by atoms with Gasteiger partial charge in [-0.3, -0.25) is 0 Å². The first-order chi connectivity index (χ1) is 19.0. The molecule has 1 aromatic heterocycles. The van der Waals surface area contributed by atoms with Gasteiger partial charge in [-0.1, -0.05) is 66.7 Å². The number of methoxy groups -OCH3 is 1. The number of hydrogen-bond acceptors (Lipinski definition) is 8. The first kappa shape index (κ1) is 26.0. The van der Waals surface area contributed by atoms with Gasteiger partial charge in [-0.25, -0.2) is 9.78 Å². The third-order valence-electron chi connectivity index (χ3n) is 6.41. The SMILES string of the molecule is CCOC(=O)C1=C(c2ccccc2)Nc2nc(=S)[nH]c(N)c2C1c1ccc(OCc2ccccc2)c(OC)c1. The molecule has 5 rings (SSSR count). The van der Waals surface area contributed by atoms with E-state index in [0.717, 1.165) is 16.7 Å². The van der Waals surface area contributed by atoms with Gasteiger partial charge in [0.2, 0.25) is 0 Å². The van der Waals surface area contributed by atoms with Crippen LogP contribution in [0.15, 0.2) is 84.4 Å². The molecule has 3 aromatic carbocycles. The number of nitrogen functional groups attached to an aromatic ring is 1. The maximum absolute atomic E-state index is 13.6. The lowest BCUT2D eigenvalue weighted by atomic mass is 9.80. The molecule has 39 heavy (non-hydrogen) atoms. The average Bonchev–Trinajstić information content (AvgIpc) is 2.96. The Balaban J connectivity index is 1.67. The van der Waals surface area contributed by atoms with E-state index in [2.05, 4.69) is 15.3 Å². The minimum absolute atomic E-state index is 0.213. The van der Waals surface area contributed by atoms with Crippen molar-refractivity contribution < 1.29 is 19.0 Å².